The molecule has 0 aromatic carbocycles. The van der Waals surface area contributed by atoms with E-state index in [9.17, 15) is 0 Å². The van der Waals surface area contributed by atoms with Crippen molar-refractivity contribution in [1.29, 1.82) is 0 Å². The molecule has 3 fully saturated rings. The summed E-state index contributed by atoms with van der Waals surface area (Å²) in [6.45, 7) is 7.76. The summed E-state index contributed by atoms with van der Waals surface area (Å²) in [5.41, 5.74) is 0.587. The number of hydrogen-bond acceptors (Lipinski definition) is 3. The minimum atomic E-state index is 0.587. The molecule has 20 heavy (non-hydrogen) atoms. The second-order valence-corrected chi connectivity index (χ2v) is 7.65. The summed E-state index contributed by atoms with van der Waals surface area (Å²) in [6.07, 6.45) is 11.5. The Morgan fingerprint density at radius 3 is 2.50 bits per heavy atom. The van der Waals surface area contributed by atoms with Crippen LogP contribution in [0.15, 0.2) is 0 Å². The molecule has 0 amide bonds. The van der Waals surface area contributed by atoms with Gasteiger partial charge in [-0.1, -0.05) is 19.3 Å². The van der Waals surface area contributed by atoms with Crippen LogP contribution in [0.5, 0.6) is 0 Å². The van der Waals surface area contributed by atoms with E-state index in [0.29, 0.717) is 5.41 Å². The van der Waals surface area contributed by atoms with E-state index in [1.165, 1.54) is 90.6 Å². The maximum absolute atomic E-state index is 3.84. The van der Waals surface area contributed by atoms with Crippen LogP contribution in [-0.2, 0) is 0 Å². The third-order valence-electron chi connectivity index (χ3n) is 5.63. The molecule has 3 heteroatoms. The Hall–Kier alpha value is -0.120. The molecule has 0 aromatic heterocycles. The van der Waals surface area contributed by atoms with E-state index in [2.05, 4.69) is 22.2 Å². The van der Waals surface area contributed by atoms with Crippen molar-refractivity contribution in [2.45, 2.75) is 57.4 Å². The molecule has 0 unspecified atom stereocenters. The number of likely N-dealkylation sites (N-methyl/N-ethyl adjacent to an activating group) is 1. The summed E-state index contributed by atoms with van der Waals surface area (Å²) in [4.78, 5) is 5.26. The first-order valence-corrected chi connectivity index (χ1v) is 8.90. The fraction of sp³-hybridized carbons (Fsp3) is 1.00. The van der Waals surface area contributed by atoms with Gasteiger partial charge in [0.05, 0.1) is 0 Å². The minimum Gasteiger partial charge on any atom is -0.313 e. The van der Waals surface area contributed by atoms with Crippen LogP contribution < -0.4 is 5.32 Å². The van der Waals surface area contributed by atoms with Crippen LogP contribution in [0.4, 0.5) is 0 Å². The average molecular weight is 279 g/mol. The van der Waals surface area contributed by atoms with Crippen LogP contribution in [0.25, 0.3) is 0 Å². The summed E-state index contributed by atoms with van der Waals surface area (Å²) in [6, 6.07) is 0.865. The standard InChI is InChI=1S/C17H33N3/c1-19-10-5-11-20(13-12-19)15-17(8-3-2-4-9-17)14-18-16-6-7-16/h16,18H,2-15H2,1H3. The highest BCUT2D eigenvalue weighted by molar-refractivity contribution is 4.92. The van der Waals surface area contributed by atoms with E-state index < -0.39 is 0 Å². The fourth-order valence-electron chi connectivity index (χ4n) is 4.07. The zero-order chi connectivity index (χ0) is 13.8. The smallest absolute Gasteiger partial charge is 0.0109 e. The molecule has 2 saturated carbocycles. The maximum Gasteiger partial charge on any atom is 0.0109 e. The molecule has 3 aliphatic rings. The van der Waals surface area contributed by atoms with Crippen molar-refractivity contribution >= 4 is 0 Å². The van der Waals surface area contributed by atoms with E-state index in [1.54, 1.807) is 0 Å². The minimum absolute atomic E-state index is 0.587. The van der Waals surface area contributed by atoms with E-state index in [4.69, 9.17) is 0 Å². The Morgan fingerprint density at radius 1 is 0.950 bits per heavy atom. The lowest BCUT2D eigenvalue weighted by molar-refractivity contribution is 0.104. The molecule has 1 aliphatic heterocycles. The van der Waals surface area contributed by atoms with Crippen molar-refractivity contribution in [2.24, 2.45) is 5.41 Å². The lowest BCUT2D eigenvalue weighted by atomic mass is 9.73. The average Bonchev–Trinajstić information content (AvgIpc) is 3.28. The van der Waals surface area contributed by atoms with Gasteiger partial charge in [0.2, 0.25) is 0 Å². The van der Waals surface area contributed by atoms with Crippen molar-refractivity contribution in [1.82, 2.24) is 15.1 Å². The van der Waals surface area contributed by atoms with Crippen LogP contribution >= 0.6 is 0 Å². The number of nitrogens with one attached hydrogen (secondary N) is 1. The second-order valence-electron chi connectivity index (χ2n) is 7.65. The molecule has 1 N–H and O–H groups in total. The molecular formula is C17H33N3. The highest BCUT2D eigenvalue weighted by atomic mass is 15.2. The number of hydrogen-bond donors (Lipinski definition) is 1. The van der Waals surface area contributed by atoms with Gasteiger partial charge in [-0.25, -0.2) is 0 Å². The molecule has 0 bridgehead atoms. The number of rotatable bonds is 5. The van der Waals surface area contributed by atoms with Crippen LogP contribution in [0.2, 0.25) is 0 Å². The molecule has 0 aromatic rings. The molecule has 2 aliphatic carbocycles. The molecule has 0 atom stereocenters. The van der Waals surface area contributed by atoms with E-state index >= 15 is 0 Å². The molecule has 0 radical (unpaired) electrons. The third-order valence-corrected chi connectivity index (χ3v) is 5.63. The van der Waals surface area contributed by atoms with Crippen molar-refractivity contribution in [3.8, 4) is 0 Å². The third kappa shape index (κ3) is 4.19. The first-order valence-electron chi connectivity index (χ1n) is 8.90. The predicted octanol–water partition coefficient (Wildman–Crippen LogP) is 2.33. The molecule has 1 heterocycles. The van der Waals surface area contributed by atoms with E-state index in [0.717, 1.165) is 6.04 Å². The zero-order valence-corrected chi connectivity index (χ0v) is 13.4. The highest BCUT2D eigenvalue weighted by Gasteiger charge is 2.35. The van der Waals surface area contributed by atoms with Gasteiger partial charge < -0.3 is 15.1 Å². The van der Waals surface area contributed by atoms with Gasteiger partial charge >= 0.3 is 0 Å². The Labute approximate surface area is 125 Å². The Balaban J connectivity index is 1.56. The Bertz CT molecular complexity index is 295. The Kier molecular flexibility index (Phi) is 5.00. The van der Waals surface area contributed by atoms with Gasteiger partial charge in [0.25, 0.3) is 0 Å². The van der Waals surface area contributed by atoms with Crippen LogP contribution in [-0.4, -0.2) is 62.2 Å². The van der Waals surface area contributed by atoms with Crippen LogP contribution in [0.1, 0.15) is 51.4 Å². The van der Waals surface area contributed by atoms with Gasteiger partial charge in [-0.05, 0) is 57.7 Å². The molecule has 3 rings (SSSR count). The SMILES string of the molecule is CN1CCCN(CC2(CNC3CC3)CCCCC2)CC1. The normalized spacial score (nSPS) is 29.2. The summed E-state index contributed by atoms with van der Waals surface area (Å²) in [7, 11) is 2.27. The van der Waals surface area contributed by atoms with Crippen molar-refractivity contribution in [2.75, 3.05) is 46.3 Å². The van der Waals surface area contributed by atoms with Crippen molar-refractivity contribution < 1.29 is 0 Å². The fourth-order valence-corrected chi connectivity index (χ4v) is 4.07. The molecular weight excluding hydrogens is 246 g/mol. The first kappa shape index (κ1) is 14.8. The molecule has 1 saturated heterocycles. The van der Waals surface area contributed by atoms with Gasteiger partial charge in [-0.15, -0.1) is 0 Å². The predicted molar refractivity (Wildman–Crippen MR) is 85.1 cm³/mol. The zero-order valence-electron chi connectivity index (χ0n) is 13.4. The van der Waals surface area contributed by atoms with Gasteiger partial charge in [0.15, 0.2) is 0 Å². The Morgan fingerprint density at radius 2 is 1.75 bits per heavy atom. The monoisotopic (exact) mass is 279 g/mol. The number of nitrogens with zero attached hydrogens (tertiary/aromatic N) is 2. The lowest BCUT2D eigenvalue weighted by Crippen LogP contribution is -2.46. The molecule has 3 nitrogen and oxygen atoms in total. The topological polar surface area (TPSA) is 18.5 Å². The van der Waals surface area contributed by atoms with Crippen LogP contribution in [0, 0.1) is 5.41 Å². The summed E-state index contributed by atoms with van der Waals surface area (Å²) < 4.78 is 0. The molecule has 116 valence electrons. The van der Waals surface area contributed by atoms with Crippen LogP contribution in [0.3, 0.4) is 0 Å². The van der Waals surface area contributed by atoms with E-state index in [-0.39, 0.29) is 0 Å². The maximum atomic E-state index is 3.84. The lowest BCUT2D eigenvalue weighted by Gasteiger charge is -2.41. The first-order chi connectivity index (χ1) is 9.76. The van der Waals surface area contributed by atoms with Gasteiger partial charge in [-0.2, -0.15) is 0 Å². The summed E-state index contributed by atoms with van der Waals surface area (Å²) in [5, 5.41) is 3.84. The van der Waals surface area contributed by atoms with Crippen molar-refractivity contribution in [3.05, 3.63) is 0 Å². The van der Waals surface area contributed by atoms with Gasteiger partial charge in [-0.3, -0.25) is 0 Å². The second kappa shape index (κ2) is 6.76. The largest absolute Gasteiger partial charge is 0.313 e. The van der Waals surface area contributed by atoms with Gasteiger partial charge in [0, 0.05) is 32.2 Å². The molecule has 0 spiro atoms. The van der Waals surface area contributed by atoms with E-state index in [1.807, 2.05) is 0 Å². The van der Waals surface area contributed by atoms with Gasteiger partial charge in [0.1, 0.15) is 0 Å². The summed E-state index contributed by atoms with van der Waals surface area (Å²) >= 11 is 0. The van der Waals surface area contributed by atoms with Crippen molar-refractivity contribution in [3.63, 3.8) is 0 Å². The highest BCUT2D eigenvalue weighted by Crippen LogP contribution is 2.37. The quantitative estimate of drug-likeness (QED) is 0.833. The summed E-state index contributed by atoms with van der Waals surface area (Å²) in [5.74, 6) is 0.